The second-order valence-electron chi connectivity index (χ2n) is 4.75. The van der Waals surface area contributed by atoms with Gasteiger partial charge >= 0.3 is 18.9 Å². The minimum atomic E-state index is -0.384. The van der Waals surface area contributed by atoms with Gasteiger partial charge in [-0.15, -0.1) is 0 Å². The molecule has 1 aromatic carbocycles. The van der Waals surface area contributed by atoms with E-state index in [-0.39, 0.29) is 36.6 Å². The molecular formula is C13H17BrLiN3O2. The Hall–Kier alpha value is -0.643. The van der Waals surface area contributed by atoms with E-state index in [2.05, 4.69) is 26.9 Å². The van der Waals surface area contributed by atoms with E-state index in [1.807, 2.05) is 38.1 Å². The van der Waals surface area contributed by atoms with Gasteiger partial charge in [-0.3, -0.25) is 0 Å². The van der Waals surface area contributed by atoms with E-state index in [9.17, 15) is 9.59 Å². The van der Waals surface area contributed by atoms with Crippen molar-refractivity contribution in [3.8, 4) is 0 Å². The van der Waals surface area contributed by atoms with Gasteiger partial charge in [0.15, 0.2) is 0 Å². The first-order chi connectivity index (χ1) is 8.90. The zero-order chi connectivity index (χ0) is 14.5. The predicted octanol–water partition coefficient (Wildman–Crippen LogP) is -1.34. The maximum absolute atomic E-state index is 12.0. The third-order valence-electron chi connectivity index (χ3n) is 2.76. The van der Waals surface area contributed by atoms with Gasteiger partial charge in [0.05, 0.1) is 12.3 Å². The summed E-state index contributed by atoms with van der Waals surface area (Å²) in [4.78, 5) is 22.7. The molecule has 5 nitrogen and oxygen atoms in total. The van der Waals surface area contributed by atoms with Crippen LogP contribution in [-0.2, 0) is 15.0 Å². The van der Waals surface area contributed by atoms with E-state index < -0.39 is 0 Å². The first-order valence-corrected chi connectivity index (χ1v) is 6.59. The number of imide groups is 1. The van der Waals surface area contributed by atoms with Crippen molar-refractivity contribution in [3.05, 3.63) is 34.3 Å². The fourth-order valence-electron chi connectivity index (χ4n) is 1.72. The molecule has 0 unspecified atom stereocenters. The van der Waals surface area contributed by atoms with E-state index in [1.165, 1.54) is 6.41 Å². The Morgan fingerprint density at radius 1 is 1.45 bits per heavy atom. The fraction of sp³-hybridized carbons (Fsp3) is 0.385. The number of rotatable bonds is 6. The normalized spacial score (nSPS) is 10.6. The van der Waals surface area contributed by atoms with Crippen LogP contribution in [0.2, 0.25) is 0 Å². The molecule has 0 saturated heterocycles. The maximum atomic E-state index is 12.0. The predicted molar refractivity (Wildman–Crippen MR) is 76.5 cm³/mol. The molecule has 2 amide bonds. The van der Waals surface area contributed by atoms with Crippen molar-refractivity contribution in [2.24, 2.45) is 0 Å². The Balaban J connectivity index is 0.00000361. The molecule has 0 fully saturated rings. The molecule has 104 valence electrons. The molecule has 0 radical (unpaired) electrons. The summed E-state index contributed by atoms with van der Waals surface area (Å²) in [5.74, 6) is -0.352. The van der Waals surface area contributed by atoms with Crippen molar-refractivity contribution in [2.75, 3.05) is 7.05 Å². The SMILES string of the molecule is CNNN([C-]=O)C(=O)CC(C)(C)c1cccc(Br)c1.[Li+]. The van der Waals surface area contributed by atoms with E-state index in [1.54, 1.807) is 7.05 Å². The first-order valence-electron chi connectivity index (χ1n) is 5.80. The van der Waals surface area contributed by atoms with Gasteiger partial charge in [-0.2, -0.15) is 5.53 Å². The molecule has 0 aliphatic carbocycles. The number of hydrogen-bond donors (Lipinski definition) is 2. The quantitative estimate of drug-likeness (QED) is 0.293. The first kappa shape index (κ1) is 19.4. The minimum Gasteiger partial charge on any atom is -0.397 e. The van der Waals surface area contributed by atoms with Crippen LogP contribution >= 0.6 is 15.9 Å². The number of hydrogen-bond acceptors (Lipinski definition) is 4. The summed E-state index contributed by atoms with van der Waals surface area (Å²) < 4.78 is 0.956. The smallest absolute Gasteiger partial charge is 0.397 e. The van der Waals surface area contributed by atoms with Gasteiger partial charge in [0, 0.05) is 11.5 Å². The molecule has 0 aliphatic heterocycles. The summed E-state index contributed by atoms with van der Waals surface area (Å²) in [6.07, 6.45) is 1.73. The summed E-state index contributed by atoms with van der Waals surface area (Å²) in [5.41, 5.74) is 5.57. The molecule has 0 heterocycles. The van der Waals surface area contributed by atoms with Gasteiger partial charge in [-0.25, -0.2) is 5.43 Å². The average Bonchev–Trinajstić information content (AvgIpc) is 2.35. The molecule has 1 aromatic rings. The number of carbonyl (C=O) groups excluding carboxylic acids is 2. The zero-order valence-electron chi connectivity index (χ0n) is 12.2. The Morgan fingerprint density at radius 3 is 2.60 bits per heavy atom. The van der Waals surface area contributed by atoms with Crippen LogP contribution in [0.4, 0.5) is 0 Å². The van der Waals surface area contributed by atoms with Gasteiger partial charge in [0.1, 0.15) is 0 Å². The largest absolute Gasteiger partial charge is 1.00 e. The van der Waals surface area contributed by atoms with E-state index in [0.29, 0.717) is 0 Å². The van der Waals surface area contributed by atoms with Crippen LogP contribution < -0.4 is 29.8 Å². The van der Waals surface area contributed by atoms with Crippen molar-refractivity contribution in [2.45, 2.75) is 25.7 Å². The number of carbonyl (C=O) groups is 1. The van der Waals surface area contributed by atoms with Crippen molar-refractivity contribution in [1.29, 1.82) is 0 Å². The van der Waals surface area contributed by atoms with E-state index >= 15 is 0 Å². The van der Waals surface area contributed by atoms with Crippen LogP contribution in [0.25, 0.3) is 0 Å². The molecule has 20 heavy (non-hydrogen) atoms. The molecule has 2 N–H and O–H groups in total. The number of nitrogens with one attached hydrogen (secondary N) is 2. The third-order valence-corrected chi connectivity index (χ3v) is 3.26. The molecule has 0 atom stereocenters. The number of hydrazine groups is 2. The molecule has 1 rings (SSSR count). The summed E-state index contributed by atoms with van der Waals surface area (Å²) >= 11 is 3.41. The standard InChI is InChI=1S/C13H17BrN3O2.Li/c1-13(2,10-5-4-6-11(14)7-10)8-12(19)17(9-18)16-15-3;/h4-7,15-16H,8H2,1-3H3;/q-1;+1. The number of amides is 2. The zero-order valence-corrected chi connectivity index (χ0v) is 13.7. The fourth-order valence-corrected chi connectivity index (χ4v) is 2.12. The molecule has 0 spiro atoms. The third kappa shape index (κ3) is 5.39. The van der Waals surface area contributed by atoms with Gasteiger partial charge in [0.2, 0.25) is 0 Å². The second-order valence-corrected chi connectivity index (χ2v) is 5.67. The van der Waals surface area contributed by atoms with E-state index in [4.69, 9.17) is 0 Å². The van der Waals surface area contributed by atoms with E-state index in [0.717, 1.165) is 15.0 Å². The number of benzene rings is 1. The summed E-state index contributed by atoms with van der Waals surface area (Å²) in [5, 5.41) is 0.778. The molecule has 0 aliphatic rings. The number of nitrogens with zero attached hydrogens (tertiary/aromatic N) is 1. The molecule has 0 saturated carbocycles. The van der Waals surface area contributed by atoms with Crippen molar-refractivity contribution >= 4 is 28.2 Å². The molecule has 0 aromatic heterocycles. The summed E-state index contributed by atoms with van der Waals surface area (Å²) in [6.45, 7) is 3.91. The molecule has 7 heteroatoms. The maximum Gasteiger partial charge on any atom is 1.00 e. The Bertz CT molecular complexity index is 469. The van der Waals surface area contributed by atoms with Crippen molar-refractivity contribution in [1.82, 2.24) is 16.0 Å². The van der Waals surface area contributed by atoms with Crippen molar-refractivity contribution in [3.63, 3.8) is 0 Å². The van der Waals surface area contributed by atoms with Crippen molar-refractivity contribution < 1.29 is 28.4 Å². The summed E-state index contributed by atoms with van der Waals surface area (Å²) in [7, 11) is 1.57. The van der Waals surface area contributed by atoms with Crippen LogP contribution in [0.3, 0.4) is 0 Å². The van der Waals surface area contributed by atoms with Crippen LogP contribution in [0.15, 0.2) is 28.7 Å². The number of halogens is 1. The monoisotopic (exact) mass is 333 g/mol. The van der Waals surface area contributed by atoms with Crippen LogP contribution in [0.1, 0.15) is 25.8 Å². The van der Waals surface area contributed by atoms with Gasteiger partial charge in [0.25, 0.3) is 0 Å². The Labute approximate surface area is 139 Å². The van der Waals surface area contributed by atoms with Gasteiger partial charge in [-0.05, 0) is 29.5 Å². The Kier molecular flexibility index (Phi) is 8.33. The summed E-state index contributed by atoms with van der Waals surface area (Å²) in [6, 6.07) is 7.77. The topological polar surface area (TPSA) is 61.4 Å². The Morgan fingerprint density at radius 2 is 2.10 bits per heavy atom. The van der Waals surface area contributed by atoms with Crippen LogP contribution in [0, 0.1) is 0 Å². The average molecular weight is 334 g/mol. The molecular weight excluding hydrogens is 317 g/mol. The van der Waals surface area contributed by atoms with Crippen LogP contribution in [-0.4, -0.2) is 24.4 Å². The van der Waals surface area contributed by atoms with Crippen LogP contribution in [0.5, 0.6) is 0 Å². The molecule has 0 bridgehead atoms. The second kappa shape index (κ2) is 8.60. The van der Waals surface area contributed by atoms with Gasteiger partial charge < -0.3 is 14.6 Å². The van der Waals surface area contributed by atoms with Gasteiger partial charge in [-0.1, -0.05) is 41.9 Å². The minimum absolute atomic E-state index is 0.